The van der Waals surface area contributed by atoms with Gasteiger partial charge in [-0.2, -0.15) is 0 Å². The van der Waals surface area contributed by atoms with Crippen molar-refractivity contribution in [2.75, 3.05) is 5.73 Å². The Morgan fingerprint density at radius 3 is 2.40 bits per heavy atom. The van der Waals surface area contributed by atoms with E-state index in [9.17, 15) is 4.57 Å². The van der Waals surface area contributed by atoms with E-state index >= 15 is 0 Å². The minimum Gasteiger partial charge on any atom is -0.399 e. The average molecular weight is 154 g/mol. The molecule has 2 nitrogen and oxygen atoms in total. The van der Waals surface area contributed by atoms with Crippen molar-refractivity contribution in [2.24, 2.45) is 0 Å². The van der Waals surface area contributed by atoms with E-state index in [2.05, 4.69) is 0 Å². The van der Waals surface area contributed by atoms with Crippen molar-refractivity contribution in [1.82, 2.24) is 0 Å². The molecule has 0 aliphatic heterocycles. The molecule has 0 heterocycles. The molecule has 3 heteroatoms. The van der Waals surface area contributed by atoms with Crippen LogP contribution < -0.4 is 5.73 Å². The Kier molecular flexibility index (Phi) is 2.41. The van der Waals surface area contributed by atoms with E-state index in [-0.39, 0.29) is 8.46 Å². The third kappa shape index (κ3) is 1.82. The first kappa shape index (κ1) is 7.23. The molecule has 0 aliphatic rings. The van der Waals surface area contributed by atoms with Gasteiger partial charge in [-0.25, -0.2) is 0 Å². The SMILES string of the molecule is Nc1ccc(C[PH+]=O)cc1. The summed E-state index contributed by atoms with van der Waals surface area (Å²) in [6, 6.07) is 7.41. The van der Waals surface area contributed by atoms with E-state index < -0.39 is 0 Å². The lowest BCUT2D eigenvalue weighted by molar-refractivity contribution is 0.598. The fourth-order valence-corrected chi connectivity index (χ4v) is 1.12. The Morgan fingerprint density at radius 2 is 1.90 bits per heavy atom. The highest BCUT2D eigenvalue weighted by Gasteiger charge is 1.94. The quantitative estimate of drug-likeness (QED) is 0.521. The second kappa shape index (κ2) is 3.33. The predicted molar refractivity (Wildman–Crippen MR) is 43.6 cm³/mol. The Bertz CT molecular complexity index is 220. The van der Waals surface area contributed by atoms with Crippen LogP contribution in [0.4, 0.5) is 5.69 Å². The first-order valence-electron chi connectivity index (χ1n) is 3.02. The third-order valence-electron chi connectivity index (χ3n) is 1.26. The summed E-state index contributed by atoms with van der Waals surface area (Å²) in [5.41, 5.74) is 7.27. The van der Waals surface area contributed by atoms with Gasteiger partial charge in [0.1, 0.15) is 0 Å². The van der Waals surface area contributed by atoms with Crippen molar-refractivity contribution in [1.29, 1.82) is 0 Å². The third-order valence-corrected chi connectivity index (χ3v) is 1.81. The van der Waals surface area contributed by atoms with Crippen LogP contribution in [0.1, 0.15) is 5.56 Å². The summed E-state index contributed by atoms with van der Waals surface area (Å²) in [5.74, 6) is 0. The first-order chi connectivity index (χ1) is 4.83. The average Bonchev–Trinajstić information content (AvgIpc) is 1.95. The fourth-order valence-electron chi connectivity index (χ4n) is 0.719. The highest BCUT2D eigenvalue weighted by molar-refractivity contribution is 7.22. The van der Waals surface area contributed by atoms with Crippen molar-refractivity contribution in [3.05, 3.63) is 29.8 Å². The second-order valence-electron chi connectivity index (χ2n) is 2.06. The molecule has 0 saturated carbocycles. The molecule has 52 valence electrons. The molecule has 2 N–H and O–H groups in total. The van der Waals surface area contributed by atoms with Crippen molar-refractivity contribution in [3.63, 3.8) is 0 Å². The predicted octanol–water partition coefficient (Wildman–Crippen LogP) is 1.79. The van der Waals surface area contributed by atoms with Crippen LogP contribution in [-0.2, 0) is 10.7 Å². The van der Waals surface area contributed by atoms with Crippen LogP contribution in [0.3, 0.4) is 0 Å². The highest BCUT2D eigenvalue weighted by atomic mass is 31.1. The molecule has 1 rings (SSSR count). The topological polar surface area (TPSA) is 43.1 Å². The van der Waals surface area contributed by atoms with Gasteiger partial charge in [0.2, 0.25) is 0 Å². The smallest absolute Gasteiger partial charge is 0.329 e. The summed E-state index contributed by atoms with van der Waals surface area (Å²) in [4.78, 5) is 0. The molecule has 1 aromatic rings. The fraction of sp³-hybridized carbons (Fsp3) is 0.143. The van der Waals surface area contributed by atoms with Crippen LogP contribution in [0.2, 0.25) is 0 Å². The number of nitrogens with two attached hydrogens (primary N) is 1. The number of nitrogen functional groups attached to an aromatic ring is 1. The molecule has 0 amide bonds. The Hall–Kier alpha value is -0.880. The van der Waals surface area contributed by atoms with Gasteiger partial charge in [0.25, 0.3) is 0 Å². The van der Waals surface area contributed by atoms with Crippen LogP contribution in [0, 0.1) is 0 Å². The molecule has 0 bridgehead atoms. The molecular formula is C7H9NOP+. The van der Waals surface area contributed by atoms with Gasteiger partial charge in [-0.15, -0.1) is 0 Å². The molecule has 0 radical (unpaired) electrons. The maximum Gasteiger partial charge on any atom is 0.329 e. The molecule has 0 fully saturated rings. The molecule has 0 aromatic heterocycles. The van der Waals surface area contributed by atoms with Crippen LogP contribution in [-0.4, -0.2) is 0 Å². The molecular weight excluding hydrogens is 145 g/mol. The van der Waals surface area contributed by atoms with Crippen LogP contribution >= 0.6 is 8.46 Å². The summed E-state index contributed by atoms with van der Waals surface area (Å²) < 4.78 is 10.2. The Morgan fingerprint density at radius 1 is 1.30 bits per heavy atom. The first-order valence-corrected chi connectivity index (χ1v) is 4.14. The summed E-state index contributed by atoms with van der Waals surface area (Å²) in [6.07, 6.45) is 0.625. The lowest BCUT2D eigenvalue weighted by Crippen LogP contribution is -1.83. The standard InChI is InChI=1S/C7H8NOP/c8-7-3-1-6(2-4-7)5-10-9/h1-4H,5,8H2/p+1. The minimum absolute atomic E-state index is 0.259. The minimum atomic E-state index is -0.259. The van der Waals surface area contributed by atoms with Gasteiger partial charge in [-0.1, -0.05) is 16.7 Å². The van der Waals surface area contributed by atoms with Crippen molar-refractivity contribution < 1.29 is 4.57 Å². The van der Waals surface area contributed by atoms with Gasteiger partial charge in [-0.3, -0.25) is 0 Å². The summed E-state index contributed by atoms with van der Waals surface area (Å²) in [6.45, 7) is 0. The van der Waals surface area contributed by atoms with Gasteiger partial charge in [0.05, 0.1) is 0 Å². The number of benzene rings is 1. The Labute approximate surface area is 61.3 Å². The number of anilines is 1. The number of hydrogen-bond donors (Lipinski definition) is 1. The lowest BCUT2D eigenvalue weighted by atomic mass is 10.2. The molecule has 1 unspecified atom stereocenters. The van der Waals surface area contributed by atoms with Crippen LogP contribution in [0.5, 0.6) is 0 Å². The van der Waals surface area contributed by atoms with Crippen molar-refractivity contribution >= 4 is 14.1 Å². The van der Waals surface area contributed by atoms with E-state index in [0.717, 1.165) is 11.3 Å². The second-order valence-corrected chi connectivity index (χ2v) is 2.70. The summed E-state index contributed by atoms with van der Waals surface area (Å²) in [5, 5.41) is 0. The molecule has 1 aromatic carbocycles. The largest absolute Gasteiger partial charge is 0.399 e. The summed E-state index contributed by atoms with van der Waals surface area (Å²) >= 11 is 0. The van der Waals surface area contributed by atoms with Gasteiger partial charge in [0, 0.05) is 5.69 Å². The normalized spacial score (nSPS) is 10.0. The number of rotatable bonds is 2. The van der Waals surface area contributed by atoms with E-state index in [1.165, 1.54) is 0 Å². The molecule has 0 aliphatic carbocycles. The maximum absolute atomic E-state index is 10.2. The monoisotopic (exact) mass is 154 g/mol. The van der Waals surface area contributed by atoms with E-state index in [1.54, 1.807) is 0 Å². The number of hydrogen-bond acceptors (Lipinski definition) is 2. The van der Waals surface area contributed by atoms with Gasteiger partial charge < -0.3 is 5.73 Å². The highest BCUT2D eigenvalue weighted by Crippen LogP contribution is 2.10. The van der Waals surface area contributed by atoms with E-state index in [4.69, 9.17) is 5.73 Å². The lowest BCUT2D eigenvalue weighted by Gasteiger charge is -1.91. The Balaban J connectivity index is 2.78. The van der Waals surface area contributed by atoms with Crippen molar-refractivity contribution in [2.45, 2.75) is 6.16 Å². The van der Waals surface area contributed by atoms with E-state index in [1.807, 2.05) is 24.3 Å². The molecule has 0 saturated heterocycles. The zero-order valence-electron chi connectivity index (χ0n) is 5.50. The van der Waals surface area contributed by atoms with Gasteiger partial charge >= 0.3 is 8.46 Å². The maximum atomic E-state index is 10.2. The van der Waals surface area contributed by atoms with E-state index in [0.29, 0.717) is 6.16 Å². The van der Waals surface area contributed by atoms with Crippen LogP contribution in [0.25, 0.3) is 0 Å². The van der Waals surface area contributed by atoms with Gasteiger partial charge in [-0.05, 0) is 17.7 Å². The molecule has 10 heavy (non-hydrogen) atoms. The zero-order chi connectivity index (χ0) is 7.40. The molecule has 1 atom stereocenters. The summed E-state index contributed by atoms with van der Waals surface area (Å²) in [7, 11) is -0.259. The van der Waals surface area contributed by atoms with Crippen LogP contribution in [0.15, 0.2) is 24.3 Å². The zero-order valence-corrected chi connectivity index (χ0v) is 6.50. The molecule has 0 spiro atoms. The van der Waals surface area contributed by atoms with Crippen molar-refractivity contribution in [3.8, 4) is 0 Å². The van der Waals surface area contributed by atoms with Gasteiger partial charge in [0.15, 0.2) is 6.16 Å².